The zero-order valence-corrected chi connectivity index (χ0v) is 15.7. The maximum Gasteiger partial charge on any atom is 0.412 e. The van der Waals surface area contributed by atoms with E-state index in [0.29, 0.717) is 24.6 Å². The monoisotopic (exact) mass is 386 g/mol. The highest BCUT2D eigenvalue weighted by molar-refractivity contribution is 6.00. The molecule has 2 aliphatic heterocycles. The molecule has 148 valence electrons. The van der Waals surface area contributed by atoms with E-state index >= 15 is 0 Å². The van der Waals surface area contributed by atoms with Crippen LogP contribution in [0.15, 0.2) is 30.6 Å². The number of hydrogen-bond acceptors (Lipinski definition) is 4. The molecule has 2 aliphatic rings. The van der Waals surface area contributed by atoms with Gasteiger partial charge in [-0.25, -0.2) is 9.59 Å². The van der Waals surface area contributed by atoms with Gasteiger partial charge in [-0.15, -0.1) is 0 Å². The Labute approximate surface area is 161 Å². The molecule has 2 aromatic rings. The largest absolute Gasteiger partial charge is 0.465 e. The molecule has 1 aromatic heterocycles. The van der Waals surface area contributed by atoms with Crippen molar-refractivity contribution in [3.05, 3.63) is 30.6 Å². The number of ether oxygens (including phenoxy) is 1. The zero-order valence-electron chi connectivity index (χ0n) is 15.7. The molecule has 28 heavy (non-hydrogen) atoms. The third kappa shape index (κ3) is 3.07. The Balaban J connectivity index is 1.69. The fraction of sp³-hybridized carbons (Fsp3) is 0.421. The first-order chi connectivity index (χ1) is 13.3. The number of anilines is 2. The third-order valence-electron chi connectivity index (χ3n) is 5.26. The van der Waals surface area contributed by atoms with Gasteiger partial charge in [-0.05, 0) is 24.6 Å². The van der Waals surface area contributed by atoms with Crippen LogP contribution in [0.4, 0.5) is 21.0 Å². The number of nitrogens with zero attached hydrogens (tertiary/aromatic N) is 4. The molecular weight excluding hydrogens is 364 g/mol. The van der Waals surface area contributed by atoms with Crippen LogP contribution in [0.2, 0.25) is 0 Å². The highest BCUT2D eigenvalue weighted by Crippen LogP contribution is 2.39. The Bertz CT molecular complexity index is 936. The Kier molecular flexibility index (Phi) is 4.26. The third-order valence-corrected chi connectivity index (χ3v) is 5.26. The second kappa shape index (κ2) is 6.52. The first-order valence-electron chi connectivity index (χ1n) is 9.05. The minimum absolute atomic E-state index is 0.0791. The van der Waals surface area contributed by atoms with Crippen LogP contribution in [-0.4, -0.2) is 58.0 Å². The molecule has 0 unspecified atom stereocenters. The summed E-state index contributed by atoms with van der Waals surface area (Å²) >= 11 is 0. The predicted molar refractivity (Wildman–Crippen MR) is 102 cm³/mol. The standard InChI is InChI=1S/C19H22N4O5/c1-12-7-22(17(24)25)16-5-13(3-4-15(16)23(12)18(26)27)14-6-20-21(8-14)9-19(2)10-28-11-19/h3-6,8,12H,7,9-11H2,1-2H3,(H,24,25)(H,26,27)/t12-/m0/s1. The number of carboxylic acid groups (broad SMARTS) is 2. The van der Waals surface area contributed by atoms with E-state index in [9.17, 15) is 19.8 Å². The van der Waals surface area contributed by atoms with Gasteiger partial charge >= 0.3 is 12.2 Å². The fourth-order valence-electron chi connectivity index (χ4n) is 3.81. The van der Waals surface area contributed by atoms with Crippen molar-refractivity contribution in [2.24, 2.45) is 5.41 Å². The van der Waals surface area contributed by atoms with E-state index in [1.54, 1.807) is 31.3 Å². The molecule has 2 N–H and O–H groups in total. The van der Waals surface area contributed by atoms with Gasteiger partial charge in [-0.1, -0.05) is 13.0 Å². The first-order valence-corrected chi connectivity index (χ1v) is 9.05. The topological polar surface area (TPSA) is 108 Å². The van der Waals surface area contributed by atoms with Gasteiger partial charge in [0.1, 0.15) is 0 Å². The molecule has 0 saturated carbocycles. The van der Waals surface area contributed by atoms with Crippen LogP contribution in [-0.2, 0) is 11.3 Å². The minimum Gasteiger partial charge on any atom is -0.465 e. The van der Waals surface area contributed by atoms with E-state index in [2.05, 4.69) is 12.0 Å². The van der Waals surface area contributed by atoms with Crippen molar-refractivity contribution in [2.75, 3.05) is 29.6 Å². The fourth-order valence-corrected chi connectivity index (χ4v) is 3.81. The van der Waals surface area contributed by atoms with Gasteiger partial charge in [0.15, 0.2) is 0 Å². The number of fused-ring (bicyclic) bond motifs is 1. The van der Waals surface area contributed by atoms with Crippen molar-refractivity contribution in [3.8, 4) is 11.1 Å². The number of amides is 2. The van der Waals surface area contributed by atoms with Crippen LogP contribution in [0.5, 0.6) is 0 Å². The van der Waals surface area contributed by atoms with Gasteiger partial charge < -0.3 is 14.9 Å². The molecule has 1 fully saturated rings. The number of aromatic nitrogens is 2. The van der Waals surface area contributed by atoms with E-state index in [0.717, 1.165) is 17.7 Å². The van der Waals surface area contributed by atoms with Gasteiger partial charge in [0.25, 0.3) is 0 Å². The minimum atomic E-state index is -1.11. The second-order valence-electron chi connectivity index (χ2n) is 7.83. The summed E-state index contributed by atoms with van der Waals surface area (Å²) in [4.78, 5) is 25.8. The Morgan fingerprint density at radius 3 is 2.57 bits per heavy atom. The average molecular weight is 386 g/mol. The maximum absolute atomic E-state index is 11.7. The van der Waals surface area contributed by atoms with Gasteiger partial charge in [-0.3, -0.25) is 14.5 Å². The average Bonchev–Trinajstić information content (AvgIpc) is 3.07. The molecular formula is C19H22N4O5. The summed E-state index contributed by atoms with van der Waals surface area (Å²) in [7, 11) is 0. The molecule has 0 bridgehead atoms. The molecule has 4 rings (SSSR count). The van der Waals surface area contributed by atoms with Crippen molar-refractivity contribution < 1.29 is 24.5 Å². The van der Waals surface area contributed by atoms with Crippen molar-refractivity contribution in [1.29, 1.82) is 0 Å². The summed E-state index contributed by atoms with van der Waals surface area (Å²) in [5.41, 5.74) is 2.43. The van der Waals surface area contributed by atoms with Crippen LogP contribution in [0, 0.1) is 5.41 Å². The van der Waals surface area contributed by atoms with Gasteiger partial charge in [0.2, 0.25) is 0 Å². The number of hydrogen-bond donors (Lipinski definition) is 2. The normalized spacial score (nSPS) is 20.4. The predicted octanol–water partition coefficient (Wildman–Crippen LogP) is 2.96. The quantitative estimate of drug-likeness (QED) is 0.840. The van der Waals surface area contributed by atoms with Crippen LogP contribution in [0.1, 0.15) is 13.8 Å². The number of rotatable bonds is 3. The van der Waals surface area contributed by atoms with E-state index in [4.69, 9.17) is 4.74 Å². The molecule has 0 spiro atoms. The smallest absolute Gasteiger partial charge is 0.412 e. The van der Waals surface area contributed by atoms with Gasteiger partial charge in [0.05, 0.1) is 49.9 Å². The lowest BCUT2D eigenvalue weighted by Crippen LogP contribution is -2.51. The summed E-state index contributed by atoms with van der Waals surface area (Å²) in [5.74, 6) is 0. The summed E-state index contributed by atoms with van der Waals surface area (Å²) in [5, 5.41) is 23.5. The van der Waals surface area contributed by atoms with Crippen LogP contribution >= 0.6 is 0 Å². The maximum atomic E-state index is 11.7. The molecule has 1 aromatic carbocycles. The van der Waals surface area contributed by atoms with Crippen LogP contribution in [0.3, 0.4) is 0 Å². The van der Waals surface area contributed by atoms with Crippen molar-refractivity contribution in [2.45, 2.75) is 26.4 Å². The van der Waals surface area contributed by atoms with Crippen molar-refractivity contribution >= 4 is 23.6 Å². The molecule has 9 heteroatoms. The van der Waals surface area contributed by atoms with E-state index in [-0.39, 0.29) is 12.0 Å². The molecule has 1 atom stereocenters. The summed E-state index contributed by atoms with van der Waals surface area (Å²) in [6, 6.07) is 4.69. The zero-order chi connectivity index (χ0) is 20.1. The highest BCUT2D eigenvalue weighted by Gasteiger charge is 2.36. The molecule has 1 saturated heterocycles. The Morgan fingerprint density at radius 1 is 1.21 bits per heavy atom. The second-order valence-corrected chi connectivity index (χ2v) is 7.83. The number of benzene rings is 1. The van der Waals surface area contributed by atoms with E-state index in [1.807, 2.05) is 10.9 Å². The molecule has 0 radical (unpaired) electrons. The van der Waals surface area contributed by atoms with Gasteiger partial charge in [-0.2, -0.15) is 5.10 Å². The SMILES string of the molecule is C[C@H]1CN(C(=O)O)c2cc(-c3cnn(CC4(C)COC4)c3)ccc2N1C(=O)O. The summed E-state index contributed by atoms with van der Waals surface area (Å²) in [6.07, 6.45) is 1.44. The lowest BCUT2D eigenvalue weighted by molar-refractivity contribution is -0.111. The van der Waals surface area contributed by atoms with E-state index < -0.39 is 18.2 Å². The first kappa shape index (κ1) is 18.3. The van der Waals surface area contributed by atoms with Crippen LogP contribution in [0.25, 0.3) is 11.1 Å². The summed E-state index contributed by atoms with van der Waals surface area (Å²) < 4.78 is 7.14. The molecule has 2 amide bonds. The van der Waals surface area contributed by atoms with Crippen LogP contribution < -0.4 is 9.80 Å². The Hall–Kier alpha value is -3.07. The lowest BCUT2D eigenvalue weighted by Gasteiger charge is -2.38. The van der Waals surface area contributed by atoms with Crippen molar-refractivity contribution in [1.82, 2.24) is 9.78 Å². The van der Waals surface area contributed by atoms with E-state index in [1.165, 1.54) is 9.80 Å². The van der Waals surface area contributed by atoms with Crippen molar-refractivity contribution in [3.63, 3.8) is 0 Å². The lowest BCUT2D eigenvalue weighted by atomic mass is 9.89. The number of carbonyl (C=O) groups is 2. The Morgan fingerprint density at radius 2 is 1.96 bits per heavy atom. The highest BCUT2D eigenvalue weighted by atomic mass is 16.5. The molecule has 9 nitrogen and oxygen atoms in total. The molecule has 0 aliphatic carbocycles. The summed E-state index contributed by atoms with van der Waals surface area (Å²) in [6.45, 7) is 6.06. The van der Waals surface area contributed by atoms with Gasteiger partial charge in [0, 0.05) is 17.2 Å². The molecule has 3 heterocycles.